The molecule has 0 aliphatic carbocycles. The monoisotopic (exact) mass is 278 g/mol. The van der Waals surface area contributed by atoms with E-state index in [1.807, 2.05) is 32.0 Å². The first-order chi connectivity index (χ1) is 9.11. The Morgan fingerprint density at radius 2 is 1.80 bits per heavy atom. The summed E-state index contributed by atoms with van der Waals surface area (Å²) < 4.78 is 0. The zero-order valence-corrected chi connectivity index (χ0v) is 12.6. The Hall–Kier alpha value is -2.04. The van der Waals surface area contributed by atoms with Crippen molar-refractivity contribution < 1.29 is 14.7 Å². The van der Waals surface area contributed by atoms with Crippen LogP contribution in [0, 0.1) is 19.3 Å². The van der Waals surface area contributed by atoms with Gasteiger partial charge in [0.05, 0.1) is 0 Å². The van der Waals surface area contributed by atoms with Crippen LogP contribution in [0.3, 0.4) is 0 Å². The number of anilines is 1. The number of carboxylic acid groups (broad SMARTS) is 1. The van der Waals surface area contributed by atoms with Gasteiger partial charge in [-0.2, -0.15) is 0 Å². The molecule has 0 bridgehead atoms. The molecule has 0 radical (unpaired) electrons. The molecular formula is C15H22N2O3. The minimum Gasteiger partial charge on any atom is -0.480 e. The lowest BCUT2D eigenvalue weighted by atomic mass is 9.87. The fourth-order valence-corrected chi connectivity index (χ4v) is 1.81. The first kappa shape index (κ1) is 16.0. The number of urea groups is 1. The van der Waals surface area contributed by atoms with Gasteiger partial charge < -0.3 is 15.7 Å². The maximum atomic E-state index is 12.0. The molecule has 0 aliphatic heterocycles. The van der Waals surface area contributed by atoms with E-state index in [0.717, 1.165) is 11.1 Å². The van der Waals surface area contributed by atoms with Crippen LogP contribution in [0.5, 0.6) is 0 Å². The smallest absolute Gasteiger partial charge is 0.326 e. The summed E-state index contributed by atoms with van der Waals surface area (Å²) in [5.74, 6) is -1.05. The van der Waals surface area contributed by atoms with Crippen molar-refractivity contribution in [3.8, 4) is 0 Å². The van der Waals surface area contributed by atoms with Gasteiger partial charge in [0.25, 0.3) is 0 Å². The second-order valence-electron chi connectivity index (χ2n) is 6.05. The predicted molar refractivity (Wildman–Crippen MR) is 78.9 cm³/mol. The zero-order valence-electron chi connectivity index (χ0n) is 12.6. The van der Waals surface area contributed by atoms with Crippen LogP contribution >= 0.6 is 0 Å². The van der Waals surface area contributed by atoms with Crippen molar-refractivity contribution in [2.45, 2.75) is 40.7 Å². The summed E-state index contributed by atoms with van der Waals surface area (Å²) in [6, 6.07) is 4.24. The van der Waals surface area contributed by atoms with Crippen molar-refractivity contribution in [2.24, 2.45) is 5.41 Å². The van der Waals surface area contributed by atoms with Gasteiger partial charge in [-0.05, 0) is 36.5 Å². The zero-order chi connectivity index (χ0) is 15.5. The molecule has 5 nitrogen and oxygen atoms in total. The third-order valence-electron chi connectivity index (χ3n) is 3.03. The molecule has 0 saturated carbocycles. The first-order valence-corrected chi connectivity index (χ1v) is 6.49. The molecule has 2 amide bonds. The summed E-state index contributed by atoms with van der Waals surface area (Å²) in [5, 5.41) is 14.4. The highest BCUT2D eigenvalue weighted by molar-refractivity contribution is 5.93. The number of carbonyl (C=O) groups excluding carboxylic acids is 1. The van der Waals surface area contributed by atoms with Crippen LogP contribution in [0.25, 0.3) is 0 Å². The van der Waals surface area contributed by atoms with E-state index in [4.69, 9.17) is 0 Å². The van der Waals surface area contributed by atoms with Crippen molar-refractivity contribution in [2.75, 3.05) is 5.32 Å². The number of hydrogen-bond donors (Lipinski definition) is 3. The summed E-state index contributed by atoms with van der Waals surface area (Å²) in [6.07, 6.45) is 0. The van der Waals surface area contributed by atoms with Crippen molar-refractivity contribution in [3.63, 3.8) is 0 Å². The number of carboxylic acids is 1. The van der Waals surface area contributed by atoms with Gasteiger partial charge in [0.15, 0.2) is 0 Å². The van der Waals surface area contributed by atoms with Gasteiger partial charge >= 0.3 is 12.0 Å². The van der Waals surface area contributed by atoms with Crippen molar-refractivity contribution in [1.82, 2.24) is 5.32 Å². The van der Waals surface area contributed by atoms with Gasteiger partial charge in [-0.25, -0.2) is 9.59 Å². The first-order valence-electron chi connectivity index (χ1n) is 6.49. The van der Waals surface area contributed by atoms with Crippen LogP contribution in [0.2, 0.25) is 0 Å². The molecule has 0 saturated heterocycles. The number of benzene rings is 1. The topological polar surface area (TPSA) is 78.4 Å². The molecule has 1 aromatic rings. The van der Waals surface area contributed by atoms with Gasteiger partial charge in [-0.3, -0.25) is 0 Å². The van der Waals surface area contributed by atoms with E-state index in [1.54, 1.807) is 20.8 Å². The fourth-order valence-electron chi connectivity index (χ4n) is 1.81. The van der Waals surface area contributed by atoms with Gasteiger partial charge in [0.1, 0.15) is 6.04 Å². The Morgan fingerprint density at radius 3 is 2.30 bits per heavy atom. The molecule has 1 rings (SSSR count). The number of hydrogen-bond acceptors (Lipinski definition) is 2. The number of aryl methyl sites for hydroxylation is 2. The van der Waals surface area contributed by atoms with E-state index < -0.39 is 23.5 Å². The normalized spacial score (nSPS) is 12.7. The molecule has 0 spiro atoms. The van der Waals surface area contributed by atoms with Gasteiger partial charge in [0, 0.05) is 5.69 Å². The number of carbonyl (C=O) groups is 2. The highest BCUT2D eigenvalue weighted by atomic mass is 16.4. The standard InChI is InChI=1S/C15H22N2O3/c1-9-6-7-10(2)11(8-9)16-14(20)17-12(13(18)19)15(3,4)5/h6-8,12H,1-5H3,(H,18,19)(H2,16,17,20)/t12-/m0/s1. The van der Waals surface area contributed by atoms with E-state index in [2.05, 4.69) is 10.6 Å². The van der Waals surface area contributed by atoms with Crippen LogP contribution in [-0.4, -0.2) is 23.1 Å². The molecule has 1 atom stereocenters. The molecule has 1 aromatic carbocycles. The largest absolute Gasteiger partial charge is 0.480 e. The van der Waals surface area contributed by atoms with Gasteiger partial charge in [0.2, 0.25) is 0 Å². The maximum absolute atomic E-state index is 12.0. The van der Waals surface area contributed by atoms with Crippen molar-refractivity contribution >= 4 is 17.7 Å². The maximum Gasteiger partial charge on any atom is 0.326 e. The average molecular weight is 278 g/mol. The minimum absolute atomic E-state index is 0.513. The third-order valence-corrected chi connectivity index (χ3v) is 3.03. The summed E-state index contributed by atoms with van der Waals surface area (Å²) >= 11 is 0. The Kier molecular flexibility index (Phi) is 4.76. The second-order valence-corrected chi connectivity index (χ2v) is 6.05. The molecule has 5 heteroatoms. The molecule has 110 valence electrons. The molecule has 20 heavy (non-hydrogen) atoms. The Bertz CT molecular complexity index is 518. The van der Waals surface area contributed by atoms with E-state index in [9.17, 15) is 14.7 Å². The third kappa shape index (κ3) is 4.26. The van der Waals surface area contributed by atoms with E-state index >= 15 is 0 Å². The van der Waals surface area contributed by atoms with E-state index in [0.29, 0.717) is 5.69 Å². The average Bonchev–Trinajstić information content (AvgIpc) is 2.29. The van der Waals surface area contributed by atoms with Crippen LogP contribution in [0.15, 0.2) is 18.2 Å². The highest BCUT2D eigenvalue weighted by Gasteiger charge is 2.32. The Balaban J connectivity index is 2.81. The number of amides is 2. The molecule has 0 aromatic heterocycles. The van der Waals surface area contributed by atoms with Gasteiger partial charge in [-0.15, -0.1) is 0 Å². The Morgan fingerprint density at radius 1 is 1.20 bits per heavy atom. The lowest BCUT2D eigenvalue weighted by Gasteiger charge is -2.27. The van der Waals surface area contributed by atoms with E-state index in [-0.39, 0.29) is 0 Å². The molecule has 0 fully saturated rings. The molecule has 0 unspecified atom stereocenters. The number of nitrogens with one attached hydrogen (secondary N) is 2. The lowest BCUT2D eigenvalue weighted by molar-refractivity contribution is -0.141. The molecule has 0 aliphatic rings. The Labute approximate surface area is 119 Å². The van der Waals surface area contributed by atoms with E-state index in [1.165, 1.54) is 0 Å². The summed E-state index contributed by atoms with van der Waals surface area (Å²) in [6.45, 7) is 9.11. The van der Waals surface area contributed by atoms with Gasteiger partial charge in [-0.1, -0.05) is 32.9 Å². The summed E-state index contributed by atoms with van der Waals surface area (Å²) in [5.41, 5.74) is 2.07. The molecular weight excluding hydrogens is 256 g/mol. The highest BCUT2D eigenvalue weighted by Crippen LogP contribution is 2.20. The minimum atomic E-state index is -1.05. The SMILES string of the molecule is Cc1ccc(C)c(NC(=O)N[C@@H](C(=O)O)C(C)(C)C)c1. The fraction of sp³-hybridized carbons (Fsp3) is 0.467. The quantitative estimate of drug-likeness (QED) is 0.795. The molecule has 0 heterocycles. The summed E-state index contributed by atoms with van der Waals surface area (Å²) in [7, 11) is 0. The second kappa shape index (κ2) is 5.94. The number of aliphatic carboxylic acids is 1. The van der Waals surface area contributed by atoms with Crippen LogP contribution in [0.4, 0.5) is 10.5 Å². The van der Waals surface area contributed by atoms with Crippen LogP contribution in [-0.2, 0) is 4.79 Å². The van der Waals surface area contributed by atoms with Crippen LogP contribution in [0.1, 0.15) is 31.9 Å². The lowest BCUT2D eigenvalue weighted by Crippen LogP contribution is -2.50. The molecule has 3 N–H and O–H groups in total. The van der Waals surface area contributed by atoms with Crippen molar-refractivity contribution in [1.29, 1.82) is 0 Å². The number of rotatable bonds is 3. The van der Waals surface area contributed by atoms with Crippen molar-refractivity contribution in [3.05, 3.63) is 29.3 Å². The predicted octanol–water partition coefficient (Wildman–Crippen LogP) is 2.92. The summed E-state index contributed by atoms with van der Waals surface area (Å²) in [4.78, 5) is 23.2. The van der Waals surface area contributed by atoms with Crippen LogP contribution < -0.4 is 10.6 Å².